The van der Waals surface area contributed by atoms with Crippen molar-refractivity contribution in [1.29, 1.82) is 0 Å². The molecule has 0 bridgehead atoms. The van der Waals surface area contributed by atoms with Crippen molar-refractivity contribution in [2.24, 2.45) is 0 Å². The van der Waals surface area contributed by atoms with Gasteiger partial charge in [-0.25, -0.2) is 0 Å². The standard InChI is InChI=1S/C36H39N7/c1-13-31-28(10-4-19-37-31)34(16-1)40-22-7-25-43(26-8-23-41-35-17-2-14-32-29(35)11-5-20-38-32)27-9-24-42-36-18-3-15-33-30(36)12-6-21-39-33/h1-6,10-21,40-42H,7-9,22-27H2. The lowest BCUT2D eigenvalue weighted by atomic mass is 10.1. The molecule has 0 atom stereocenters. The maximum Gasteiger partial charge on any atom is 0.0722 e. The average molecular weight is 570 g/mol. The first-order valence-electron chi connectivity index (χ1n) is 15.3. The zero-order valence-electron chi connectivity index (χ0n) is 24.5. The number of fused-ring (bicyclic) bond motifs is 3. The first-order valence-corrected chi connectivity index (χ1v) is 15.3. The van der Waals surface area contributed by atoms with Gasteiger partial charge in [0, 0.05) is 71.4 Å². The highest BCUT2D eigenvalue weighted by Gasteiger charge is 2.08. The summed E-state index contributed by atoms with van der Waals surface area (Å²) in [6.45, 7) is 5.91. The van der Waals surface area contributed by atoms with Crippen molar-refractivity contribution in [2.45, 2.75) is 19.3 Å². The predicted octanol–water partition coefficient (Wildman–Crippen LogP) is 7.44. The number of benzene rings is 3. The van der Waals surface area contributed by atoms with Gasteiger partial charge in [0.1, 0.15) is 0 Å². The molecule has 0 saturated carbocycles. The Morgan fingerprint density at radius 1 is 0.419 bits per heavy atom. The Hall–Kier alpha value is -4.75. The van der Waals surface area contributed by atoms with E-state index in [1.54, 1.807) is 0 Å². The van der Waals surface area contributed by atoms with Crippen LogP contribution in [0.4, 0.5) is 17.1 Å². The molecule has 3 heterocycles. The van der Waals surface area contributed by atoms with Gasteiger partial charge in [-0.1, -0.05) is 18.2 Å². The fourth-order valence-corrected chi connectivity index (χ4v) is 5.69. The third-order valence-electron chi connectivity index (χ3n) is 7.84. The maximum atomic E-state index is 4.49. The lowest BCUT2D eigenvalue weighted by Crippen LogP contribution is -2.30. The highest BCUT2D eigenvalue weighted by molar-refractivity contribution is 5.92. The number of pyridine rings is 3. The highest BCUT2D eigenvalue weighted by Crippen LogP contribution is 2.23. The summed E-state index contributed by atoms with van der Waals surface area (Å²) >= 11 is 0. The molecule has 0 aliphatic rings. The van der Waals surface area contributed by atoms with Crippen molar-refractivity contribution in [3.8, 4) is 0 Å². The van der Waals surface area contributed by atoms with Gasteiger partial charge in [0.2, 0.25) is 0 Å². The molecule has 218 valence electrons. The van der Waals surface area contributed by atoms with E-state index in [9.17, 15) is 0 Å². The van der Waals surface area contributed by atoms with Gasteiger partial charge in [0.15, 0.2) is 0 Å². The van der Waals surface area contributed by atoms with Crippen LogP contribution >= 0.6 is 0 Å². The molecule has 7 nitrogen and oxygen atoms in total. The minimum atomic E-state index is 0.924. The quantitative estimate of drug-likeness (QED) is 0.111. The summed E-state index contributed by atoms with van der Waals surface area (Å²) in [5.41, 5.74) is 6.54. The summed E-state index contributed by atoms with van der Waals surface area (Å²) in [7, 11) is 0. The second-order valence-corrected chi connectivity index (χ2v) is 10.8. The van der Waals surface area contributed by atoms with E-state index in [0.29, 0.717) is 0 Å². The molecule has 3 aromatic heterocycles. The third kappa shape index (κ3) is 7.37. The Morgan fingerprint density at radius 2 is 0.767 bits per heavy atom. The summed E-state index contributed by atoms with van der Waals surface area (Å²) in [5, 5.41) is 14.5. The zero-order chi connectivity index (χ0) is 29.1. The summed E-state index contributed by atoms with van der Waals surface area (Å²) in [4.78, 5) is 16.1. The molecule has 3 aromatic carbocycles. The molecule has 0 unspecified atom stereocenters. The average Bonchev–Trinajstić information content (AvgIpc) is 3.06. The molecule has 0 aliphatic carbocycles. The number of nitrogens with zero attached hydrogens (tertiary/aromatic N) is 4. The summed E-state index contributed by atoms with van der Waals surface area (Å²) in [6, 6.07) is 31.2. The van der Waals surface area contributed by atoms with Crippen LogP contribution in [-0.4, -0.2) is 59.1 Å². The van der Waals surface area contributed by atoms with E-state index >= 15 is 0 Å². The molecule has 0 fully saturated rings. The molecule has 43 heavy (non-hydrogen) atoms. The second kappa shape index (κ2) is 14.4. The molecule has 0 aliphatic heterocycles. The molecule has 3 N–H and O–H groups in total. The van der Waals surface area contributed by atoms with Crippen LogP contribution < -0.4 is 16.0 Å². The smallest absolute Gasteiger partial charge is 0.0722 e. The van der Waals surface area contributed by atoms with Crippen molar-refractivity contribution >= 4 is 49.8 Å². The number of anilines is 3. The second-order valence-electron chi connectivity index (χ2n) is 10.8. The van der Waals surface area contributed by atoms with Crippen LogP contribution in [-0.2, 0) is 0 Å². The predicted molar refractivity (Wildman–Crippen MR) is 181 cm³/mol. The normalized spacial score (nSPS) is 11.4. The lowest BCUT2D eigenvalue weighted by Gasteiger charge is -2.23. The van der Waals surface area contributed by atoms with Crippen molar-refractivity contribution in [3.05, 3.63) is 110 Å². The van der Waals surface area contributed by atoms with E-state index in [1.807, 2.05) is 36.8 Å². The van der Waals surface area contributed by atoms with Crippen LogP contribution in [0.1, 0.15) is 19.3 Å². The van der Waals surface area contributed by atoms with Gasteiger partial charge >= 0.3 is 0 Å². The number of nitrogens with one attached hydrogen (secondary N) is 3. The van der Waals surface area contributed by atoms with Gasteiger partial charge < -0.3 is 20.9 Å². The van der Waals surface area contributed by atoms with Crippen LogP contribution in [0.5, 0.6) is 0 Å². The van der Waals surface area contributed by atoms with Gasteiger partial charge in [-0.15, -0.1) is 0 Å². The van der Waals surface area contributed by atoms with Crippen molar-refractivity contribution < 1.29 is 0 Å². The summed E-state index contributed by atoms with van der Waals surface area (Å²) in [6.07, 6.45) is 8.76. The van der Waals surface area contributed by atoms with Gasteiger partial charge in [-0.2, -0.15) is 0 Å². The minimum Gasteiger partial charge on any atom is -0.384 e. The van der Waals surface area contributed by atoms with Crippen LogP contribution in [0.3, 0.4) is 0 Å². The number of rotatable bonds is 15. The third-order valence-corrected chi connectivity index (χ3v) is 7.84. The van der Waals surface area contributed by atoms with E-state index in [-0.39, 0.29) is 0 Å². The van der Waals surface area contributed by atoms with Crippen LogP contribution in [0.25, 0.3) is 32.7 Å². The summed E-state index contributed by atoms with van der Waals surface area (Å²) in [5.74, 6) is 0. The fourth-order valence-electron chi connectivity index (χ4n) is 5.69. The number of aromatic nitrogens is 3. The highest BCUT2D eigenvalue weighted by atomic mass is 15.1. The minimum absolute atomic E-state index is 0.924. The first kappa shape index (κ1) is 28.4. The van der Waals surface area contributed by atoms with E-state index in [1.165, 1.54) is 16.2 Å². The van der Waals surface area contributed by atoms with Gasteiger partial charge in [0.25, 0.3) is 0 Å². The van der Waals surface area contributed by atoms with E-state index in [0.717, 1.165) is 92.1 Å². The number of hydrogen-bond acceptors (Lipinski definition) is 7. The first-order chi connectivity index (χ1) is 21.3. The van der Waals surface area contributed by atoms with Crippen molar-refractivity contribution in [3.63, 3.8) is 0 Å². The Labute approximate surface area is 253 Å². The molecular weight excluding hydrogens is 530 g/mol. The maximum absolute atomic E-state index is 4.49. The van der Waals surface area contributed by atoms with Crippen LogP contribution in [0, 0.1) is 0 Å². The SMILES string of the molecule is c1cc(NCCCN(CCCNc2cccc3ncccc23)CCCNc2cccc3ncccc23)c2cccnc2c1. The van der Waals surface area contributed by atoms with Crippen LogP contribution in [0.15, 0.2) is 110 Å². The van der Waals surface area contributed by atoms with Crippen molar-refractivity contribution in [1.82, 2.24) is 19.9 Å². The Bertz CT molecular complexity index is 1550. The van der Waals surface area contributed by atoms with E-state index < -0.39 is 0 Å². The lowest BCUT2D eigenvalue weighted by molar-refractivity contribution is 0.271. The molecule has 0 saturated heterocycles. The molecule has 6 rings (SSSR count). The monoisotopic (exact) mass is 569 g/mol. The largest absolute Gasteiger partial charge is 0.384 e. The summed E-state index contributed by atoms with van der Waals surface area (Å²) < 4.78 is 0. The fraction of sp³-hybridized carbons (Fsp3) is 0.250. The Kier molecular flexibility index (Phi) is 9.52. The van der Waals surface area contributed by atoms with Gasteiger partial charge in [-0.3, -0.25) is 15.0 Å². The topological polar surface area (TPSA) is 78.0 Å². The van der Waals surface area contributed by atoms with Crippen LogP contribution in [0.2, 0.25) is 0 Å². The Morgan fingerprint density at radius 3 is 1.12 bits per heavy atom. The molecule has 0 radical (unpaired) electrons. The molecule has 0 spiro atoms. The Balaban J connectivity index is 1.02. The molecular formula is C36H39N7. The molecule has 6 aromatic rings. The van der Waals surface area contributed by atoms with E-state index in [2.05, 4.69) is 109 Å². The van der Waals surface area contributed by atoms with Gasteiger partial charge in [-0.05, 0) is 112 Å². The van der Waals surface area contributed by atoms with Crippen molar-refractivity contribution in [2.75, 3.05) is 55.2 Å². The zero-order valence-corrected chi connectivity index (χ0v) is 24.5. The van der Waals surface area contributed by atoms with Gasteiger partial charge in [0.05, 0.1) is 16.6 Å². The molecule has 7 heteroatoms. The number of hydrogen-bond donors (Lipinski definition) is 3. The molecule has 0 amide bonds. The van der Waals surface area contributed by atoms with E-state index in [4.69, 9.17) is 0 Å².